The van der Waals surface area contributed by atoms with Gasteiger partial charge in [-0.1, -0.05) is 15.9 Å². The first kappa shape index (κ1) is 13.9. The van der Waals surface area contributed by atoms with Crippen molar-refractivity contribution in [2.75, 3.05) is 33.2 Å². The van der Waals surface area contributed by atoms with E-state index in [1.807, 2.05) is 17.1 Å². The number of hydrogen-bond acceptors (Lipinski definition) is 4. The topological polar surface area (TPSA) is 35.6 Å². The Balaban J connectivity index is 1.99. The van der Waals surface area contributed by atoms with E-state index in [2.05, 4.69) is 45.9 Å². The van der Waals surface area contributed by atoms with Crippen LogP contribution in [0.1, 0.15) is 10.4 Å². The lowest BCUT2D eigenvalue weighted by Gasteiger charge is -2.32. The highest BCUT2D eigenvalue weighted by Crippen LogP contribution is 2.19. The normalized spacial score (nSPS) is 17.7. The first-order valence-corrected chi connectivity index (χ1v) is 7.03. The monoisotopic (exact) mass is 329 g/mol. The molecule has 4 nitrogen and oxygen atoms in total. The number of carbonyl (C=O) groups excluding carboxylic acids is 1. The van der Waals surface area contributed by atoms with Crippen LogP contribution < -0.4 is 5.43 Å². The van der Waals surface area contributed by atoms with E-state index in [1.54, 1.807) is 6.07 Å². The fraction of sp³-hybridized carbons (Fsp3) is 0.417. The maximum Gasteiger partial charge on any atom is 0.266 e. The zero-order chi connectivity index (χ0) is 13.1. The Morgan fingerprint density at radius 3 is 2.61 bits per heavy atom. The number of nitrogens with one attached hydrogen (secondary N) is 1. The number of hydrazine groups is 1. The molecule has 1 N–H and O–H groups in total. The molecule has 0 radical (unpaired) electrons. The van der Waals surface area contributed by atoms with Gasteiger partial charge in [-0.15, -0.1) is 12.6 Å². The fourth-order valence-corrected chi connectivity index (χ4v) is 2.67. The summed E-state index contributed by atoms with van der Waals surface area (Å²) in [5.74, 6) is -0.1000. The highest BCUT2D eigenvalue weighted by molar-refractivity contribution is 9.10. The number of piperazine rings is 1. The van der Waals surface area contributed by atoms with Crippen LogP contribution in [-0.2, 0) is 0 Å². The van der Waals surface area contributed by atoms with E-state index in [4.69, 9.17) is 0 Å². The molecule has 98 valence electrons. The molecule has 1 aliphatic rings. The van der Waals surface area contributed by atoms with Crippen LogP contribution in [0, 0.1) is 0 Å². The van der Waals surface area contributed by atoms with Crippen molar-refractivity contribution in [3.05, 3.63) is 28.2 Å². The van der Waals surface area contributed by atoms with Gasteiger partial charge < -0.3 is 4.90 Å². The zero-order valence-corrected chi connectivity index (χ0v) is 12.7. The third-order valence-corrected chi connectivity index (χ3v) is 3.83. The Bertz CT molecular complexity index is 447. The Labute approximate surface area is 121 Å². The number of hydrogen-bond donors (Lipinski definition) is 2. The standard InChI is InChI=1S/C12H16BrN3OS/c1-15-4-6-16(7-5-15)14-12(17)10-3-2-9(13)8-11(10)18/h2-3,8,18H,4-7H2,1H3,(H,14,17). The van der Waals surface area contributed by atoms with Gasteiger partial charge in [0, 0.05) is 35.5 Å². The summed E-state index contributed by atoms with van der Waals surface area (Å²) >= 11 is 7.68. The lowest BCUT2D eigenvalue weighted by Crippen LogP contribution is -2.52. The summed E-state index contributed by atoms with van der Waals surface area (Å²) in [5, 5.41) is 1.96. The molecule has 1 amide bonds. The minimum Gasteiger partial charge on any atom is -0.304 e. The second kappa shape index (κ2) is 6.06. The molecular formula is C12H16BrN3OS. The van der Waals surface area contributed by atoms with Crippen LogP contribution in [0.15, 0.2) is 27.6 Å². The van der Waals surface area contributed by atoms with Crippen LogP contribution in [0.3, 0.4) is 0 Å². The number of thiol groups is 1. The van der Waals surface area contributed by atoms with Crippen LogP contribution >= 0.6 is 28.6 Å². The van der Waals surface area contributed by atoms with Gasteiger partial charge in [-0.3, -0.25) is 10.2 Å². The molecule has 0 saturated carbocycles. The van der Waals surface area contributed by atoms with Crippen molar-refractivity contribution in [1.82, 2.24) is 15.3 Å². The van der Waals surface area contributed by atoms with E-state index < -0.39 is 0 Å². The van der Waals surface area contributed by atoms with E-state index in [-0.39, 0.29) is 5.91 Å². The van der Waals surface area contributed by atoms with Crippen LogP contribution in [0.2, 0.25) is 0 Å². The summed E-state index contributed by atoms with van der Waals surface area (Å²) in [6.45, 7) is 3.63. The number of halogens is 1. The van der Waals surface area contributed by atoms with Gasteiger partial charge >= 0.3 is 0 Å². The maximum atomic E-state index is 12.1. The lowest BCUT2D eigenvalue weighted by atomic mass is 10.2. The Kier molecular flexibility index (Phi) is 4.66. The number of carbonyl (C=O) groups is 1. The molecule has 0 spiro atoms. The maximum absolute atomic E-state index is 12.1. The number of nitrogens with zero attached hydrogens (tertiary/aromatic N) is 2. The average Bonchev–Trinajstić information content (AvgIpc) is 2.32. The second-order valence-electron chi connectivity index (χ2n) is 4.39. The van der Waals surface area contributed by atoms with Gasteiger partial charge in [0.15, 0.2) is 0 Å². The number of amides is 1. The van der Waals surface area contributed by atoms with E-state index in [0.29, 0.717) is 10.5 Å². The average molecular weight is 330 g/mol. The summed E-state index contributed by atoms with van der Waals surface area (Å²) in [5.41, 5.74) is 3.52. The molecule has 0 aromatic heterocycles. The van der Waals surface area contributed by atoms with Crippen molar-refractivity contribution in [3.8, 4) is 0 Å². The smallest absolute Gasteiger partial charge is 0.266 e. The van der Waals surface area contributed by atoms with Crippen LogP contribution in [0.25, 0.3) is 0 Å². The Morgan fingerprint density at radius 1 is 1.33 bits per heavy atom. The summed E-state index contributed by atoms with van der Waals surface area (Å²) in [6.07, 6.45) is 0. The highest BCUT2D eigenvalue weighted by atomic mass is 79.9. The van der Waals surface area contributed by atoms with Crippen molar-refractivity contribution < 1.29 is 4.79 Å². The number of likely N-dealkylation sites (N-methyl/N-ethyl adjacent to an activating group) is 1. The first-order chi connectivity index (χ1) is 8.56. The van der Waals surface area contributed by atoms with Crippen LogP contribution in [0.5, 0.6) is 0 Å². The van der Waals surface area contributed by atoms with Gasteiger partial charge in [0.1, 0.15) is 0 Å². The summed E-state index contributed by atoms with van der Waals surface area (Å²) in [6, 6.07) is 5.44. The van der Waals surface area contributed by atoms with Gasteiger partial charge in [0.25, 0.3) is 5.91 Å². The molecule has 0 aliphatic carbocycles. The van der Waals surface area contributed by atoms with Crippen LogP contribution in [0.4, 0.5) is 0 Å². The fourth-order valence-electron chi connectivity index (χ4n) is 1.82. The predicted octanol–water partition coefficient (Wildman–Crippen LogP) is 1.63. The number of rotatable bonds is 2. The molecule has 0 atom stereocenters. The molecular weight excluding hydrogens is 314 g/mol. The van der Waals surface area contributed by atoms with E-state index >= 15 is 0 Å². The summed E-state index contributed by atoms with van der Waals surface area (Å²) in [4.78, 5) is 15.0. The molecule has 18 heavy (non-hydrogen) atoms. The molecule has 1 aromatic rings. The molecule has 6 heteroatoms. The second-order valence-corrected chi connectivity index (χ2v) is 5.79. The molecule has 2 rings (SSSR count). The first-order valence-electron chi connectivity index (χ1n) is 5.79. The van der Waals surface area contributed by atoms with Crippen molar-refractivity contribution in [2.24, 2.45) is 0 Å². The zero-order valence-electron chi connectivity index (χ0n) is 10.2. The van der Waals surface area contributed by atoms with Gasteiger partial charge in [-0.05, 0) is 25.2 Å². The minimum absolute atomic E-state index is 0.1000. The van der Waals surface area contributed by atoms with E-state index in [9.17, 15) is 4.79 Å². The van der Waals surface area contributed by atoms with E-state index in [1.165, 1.54) is 0 Å². The third kappa shape index (κ3) is 3.47. The van der Waals surface area contributed by atoms with Gasteiger partial charge in [0.2, 0.25) is 0 Å². The summed E-state index contributed by atoms with van der Waals surface area (Å²) in [7, 11) is 2.08. The third-order valence-electron chi connectivity index (χ3n) is 2.97. The van der Waals surface area contributed by atoms with E-state index in [0.717, 1.165) is 30.7 Å². The molecule has 1 aliphatic heterocycles. The van der Waals surface area contributed by atoms with Crippen molar-refractivity contribution in [1.29, 1.82) is 0 Å². The molecule has 0 unspecified atom stereocenters. The Hall–Kier alpha value is -0.560. The predicted molar refractivity (Wildman–Crippen MR) is 77.9 cm³/mol. The SMILES string of the molecule is CN1CCN(NC(=O)c2ccc(Br)cc2S)CC1. The molecule has 1 aromatic carbocycles. The number of benzene rings is 1. The highest BCUT2D eigenvalue weighted by Gasteiger charge is 2.17. The van der Waals surface area contributed by atoms with Crippen molar-refractivity contribution in [3.63, 3.8) is 0 Å². The summed E-state index contributed by atoms with van der Waals surface area (Å²) < 4.78 is 0.920. The van der Waals surface area contributed by atoms with Gasteiger partial charge in [-0.25, -0.2) is 5.01 Å². The lowest BCUT2D eigenvalue weighted by molar-refractivity contribution is 0.0659. The minimum atomic E-state index is -0.1000. The van der Waals surface area contributed by atoms with Crippen molar-refractivity contribution in [2.45, 2.75) is 4.90 Å². The molecule has 1 fully saturated rings. The van der Waals surface area contributed by atoms with Crippen molar-refractivity contribution >= 4 is 34.5 Å². The quantitative estimate of drug-likeness (QED) is 0.809. The largest absolute Gasteiger partial charge is 0.304 e. The van der Waals surface area contributed by atoms with Gasteiger partial charge in [-0.2, -0.15) is 0 Å². The molecule has 1 heterocycles. The molecule has 0 bridgehead atoms. The Morgan fingerprint density at radius 2 is 2.00 bits per heavy atom. The van der Waals surface area contributed by atoms with Crippen LogP contribution in [-0.4, -0.2) is 49.0 Å². The van der Waals surface area contributed by atoms with Gasteiger partial charge in [0.05, 0.1) is 5.56 Å². The molecule has 1 saturated heterocycles.